The molecule has 162 valence electrons. The van der Waals surface area contributed by atoms with Gasteiger partial charge in [0.1, 0.15) is 11.9 Å². The fourth-order valence-electron chi connectivity index (χ4n) is 4.15. The molecule has 0 radical (unpaired) electrons. The Morgan fingerprint density at radius 3 is 2.90 bits per heavy atom. The van der Waals surface area contributed by atoms with Crippen LogP contribution >= 0.6 is 11.6 Å². The minimum absolute atomic E-state index is 0.0149. The molecule has 3 atom stereocenters. The van der Waals surface area contributed by atoms with Gasteiger partial charge in [-0.05, 0) is 49.1 Å². The molecule has 6 nitrogen and oxygen atoms in total. The van der Waals surface area contributed by atoms with Crippen molar-refractivity contribution in [2.75, 3.05) is 7.11 Å². The molecule has 1 saturated carbocycles. The summed E-state index contributed by atoms with van der Waals surface area (Å²) in [5, 5.41) is 6.62. The zero-order valence-electron chi connectivity index (χ0n) is 17.3. The van der Waals surface area contributed by atoms with E-state index in [1.165, 1.54) is 0 Å². The first-order valence-electron chi connectivity index (χ1n) is 10.4. The highest BCUT2D eigenvalue weighted by Crippen LogP contribution is 2.32. The van der Waals surface area contributed by atoms with Crippen molar-refractivity contribution in [2.24, 2.45) is 5.92 Å². The highest BCUT2D eigenvalue weighted by molar-refractivity contribution is 6.30. The van der Waals surface area contributed by atoms with Gasteiger partial charge in [0.05, 0.1) is 13.2 Å². The van der Waals surface area contributed by atoms with Gasteiger partial charge in [0.25, 0.3) is 5.91 Å². The quantitative estimate of drug-likeness (QED) is 0.695. The van der Waals surface area contributed by atoms with Gasteiger partial charge in [0.2, 0.25) is 5.91 Å². The maximum Gasteiger partial charge on any atom is 0.286 e. The number of morpholine rings is 1. The minimum Gasteiger partial charge on any atom is -0.496 e. The molecule has 3 unspecified atom stereocenters. The molecule has 0 spiro atoms. The summed E-state index contributed by atoms with van der Waals surface area (Å²) >= 11 is 6.02. The Balaban J connectivity index is 1.35. The van der Waals surface area contributed by atoms with Crippen LogP contribution in [0.5, 0.6) is 5.75 Å². The first kappa shape index (κ1) is 21.2. The Hall–Kier alpha value is -2.99. The lowest BCUT2D eigenvalue weighted by molar-refractivity contribution is -0.134. The summed E-state index contributed by atoms with van der Waals surface area (Å²) in [5.74, 6) is 0.578. The lowest BCUT2D eigenvalue weighted by Gasteiger charge is -2.39. The standard InChI is InChI=1S/C24H25ClN2O4/c1-30-20-8-3-2-6-17(20)14-26-23(28)16-9-10-21-19(13-16)27-24(29)22(31-21)12-15-5-4-7-18(25)11-15/h2-8,11-12,16,19,21H,9-10,13-14H2,1H3,(H,26,28)(H,27,29)/b22-12-. The van der Waals surface area contributed by atoms with E-state index in [0.29, 0.717) is 30.8 Å². The number of benzene rings is 2. The predicted octanol–water partition coefficient (Wildman–Crippen LogP) is 3.69. The van der Waals surface area contributed by atoms with Gasteiger partial charge in [-0.25, -0.2) is 0 Å². The van der Waals surface area contributed by atoms with Crippen LogP contribution in [0.3, 0.4) is 0 Å². The van der Waals surface area contributed by atoms with Gasteiger partial charge in [-0.3, -0.25) is 9.59 Å². The average Bonchev–Trinajstić information content (AvgIpc) is 2.78. The third kappa shape index (κ3) is 5.02. The second-order valence-electron chi connectivity index (χ2n) is 7.84. The van der Waals surface area contributed by atoms with E-state index < -0.39 is 0 Å². The molecule has 2 fully saturated rings. The zero-order chi connectivity index (χ0) is 21.8. The summed E-state index contributed by atoms with van der Waals surface area (Å²) in [6, 6.07) is 14.7. The van der Waals surface area contributed by atoms with Crippen molar-refractivity contribution in [2.45, 2.75) is 38.0 Å². The second-order valence-corrected chi connectivity index (χ2v) is 8.28. The highest BCUT2D eigenvalue weighted by atomic mass is 35.5. The number of ether oxygens (including phenoxy) is 2. The fourth-order valence-corrected chi connectivity index (χ4v) is 4.35. The van der Waals surface area contributed by atoms with Crippen LogP contribution in [0, 0.1) is 5.92 Å². The monoisotopic (exact) mass is 440 g/mol. The molecule has 2 amide bonds. The van der Waals surface area contributed by atoms with Crippen molar-refractivity contribution in [3.8, 4) is 5.75 Å². The number of hydrogen-bond donors (Lipinski definition) is 2. The summed E-state index contributed by atoms with van der Waals surface area (Å²) in [6.07, 6.45) is 3.52. The molecule has 1 aliphatic heterocycles. The van der Waals surface area contributed by atoms with Crippen LogP contribution in [0.1, 0.15) is 30.4 Å². The van der Waals surface area contributed by atoms with E-state index >= 15 is 0 Å². The molecule has 2 aromatic carbocycles. The van der Waals surface area contributed by atoms with E-state index in [0.717, 1.165) is 16.9 Å². The number of para-hydroxylation sites is 1. The fraction of sp³-hybridized carbons (Fsp3) is 0.333. The number of carbonyl (C=O) groups excluding carboxylic acids is 2. The molecule has 1 heterocycles. The molecule has 1 saturated heterocycles. The number of rotatable bonds is 5. The molecular formula is C24H25ClN2O4. The Bertz CT molecular complexity index is 1010. The predicted molar refractivity (Wildman–Crippen MR) is 118 cm³/mol. The molecule has 2 aromatic rings. The van der Waals surface area contributed by atoms with Crippen molar-refractivity contribution in [3.05, 3.63) is 70.4 Å². The molecule has 1 aliphatic carbocycles. The Morgan fingerprint density at radius 2 is 2.10 bits per heavy atom. The van der Waals surface area contributed by atoms with Crippen molar-refractivity contribution < 1.29 is 19.1 Å². The van der Waals surface area contributed by atoms with Crippen molar-refractivity contribution in [3.63, 3.8) is 0 Å². The summed E-state index contributed by atoms with van der Waals surface area (Å²) < 4.78 is 11.3. The van der Waals surface area contributed by atoms with E-state index in [1.807, 2.05) is 36.4 Å². The Morgan fingerprint density at radius 1 is 1.26 bits per heavy atom. The highest BCUT2D eigenvalue weighted by Gasteiger charge is 2.40. The van der Waals surface area contributed by atoms with Crippen molar-refractivity contribution in [1.82, 2.24) is 10.6 Å². The van der Waals surface area contributed by atoms with Crippen LogP contribution in [-0.4, -0.2) is 31.1 Å². The van der Waals surface area contributed by atoms with Gasteiger partial charge in [0, 0.05) is 23.0 Å². The topological polar surface area (TPSA) is 76.7 Å². The van der Waals surface area contributed by atoms with Gasteiger partial charge in [-0.2, -0.15) is 0 Å². The first-order chi connectivity index (χ1) is 15.0. The van der Waals surface area contributed by atoms with Gasteiger partial charge >= 0.3 is 0 Å². The van der Waals surface area contributed by atoms with Crippen LogP contribution < -0.4 is 15.4 Å². The molecular weight excluding hydrogens is 416 g/mol. The molecule has 2 aliphatic rings. The average molecular weight is 441 g/mol. The summed E-state index contributed by atoms with van der Waals surface area (Å²) in [6.45, 7) is 0.406. The van der Waals surface area contributed by atoms with Crippen LogP contribution in [0.2, 0.25) is 5.02 Å². The van der Waals surface area contributed by atoms with E-state index in [4.69, 9.17) is 21.1 Å². The summed E-state index contributed by atoms with van der Waals surface area (Å²) in [7, 11) is 1.61. The smallest absolute Gasteiger partial charge is 0.286 e. The maximum absolute atomic E-state index is 12.7. The Kier molecular flexibility index (Phi) is 6.47. The van der Waals surface area contributed by atoms with Crippen molar-refractivity contribution >= 4 is 29.5 Å². The van der Waals surface area contributed by atoms with E-state index in [1.54, 1.807) is 25.3 Å². The van der Waals surface area contributed by atoms with Crippen LogP contribution in [0.25, 0.3) is 6.08 Å². The third-order valence-electron chi connectivity index (χ3n) is 5.77. The van der Waals surface area contributed by atoms with Crippen molar-refractivity contribution in [1.29, 1.82) is 0 Å². The van der Waals surface area contributed by atoms with Crippen LogP contribution in [0.15, 0.2) is 54.3 Å². The number of carbonyl (C=O) groups is 2. The molecule has 2 N–H and O–H groups in total. The van der Waals surface area contributed by atoms with Gasteiger partial charge < -0.3 is 20.1 Å². The van der Waals surface area contributed by atoms with Gasteiger partial charge in [-0.15, -0.1) is 0 Å². The lowest BCUT2D eigenvalue weighted by Crippen LogP contribution is -2.54. The summed E-state index contributed by atoms with van der Waals surface area (Å²) in [4.78, 5) is 25.3. The molecule has 0 aromatic heterocycles. The largest absolute Gasteiger partial charge is 0.496 e. The minimum atomic E-state index is -0.267. The first-order valence-corrected chi connectivity index (χ1v) is 10.8. The number of nitrogens with one attached hydrogen (secondary N) is 2. The Labute approximate surface area is 186 Å². The SMILES string of the molecule is COc1ccccc1CNC(=O)C1CCC2O/C(=C\c3cccc(Cl)c3)C(=O)NC2C1. The molecule has 7 heteroatoms. The van der Waals surface area contributed by atoms with E-state index in [2.05, 4.69) is 10.6 Å². The van der Waals surface area contributed by atoms with E-state index in [-0.39, 0.29) is 35.6 Å². The van der Waals surface area contributed by atoms with Gasteiger partial charge in [0.15, 0.2) is 5.76 Å². The number of hydrogen-bond acceptors (Lipinski definition) is 4. The summed E-state index contributed by atoms with van der Waals surface area (Å²) in [5.41, 5.74) is 1.73. The maximum atomic E-state index is 12.7. The van der Waals surface area contributed by atoms with Crippen LogP contribution in [0.4, 0.5) is 0 Å². The number of halogens is 1. The normalized spacial score (nSPS) is 24.0. The zero-order valence-corrected chi connectivity index (χ0v) is 18.0. The number of methoxy groups -OCH3 is 1. The number of fused-ring (bicyclic) bond motifs is 1. The van der Waals surface area contributed by atoms with E-state index in [9.17, 15) is 9.59 Å². The molecule has 31 heavy (non-hydrogen) atoms. The lowest BCUT2D eigenvalue weighted by atomic mass is 9.82. The number of amides is 2. The third-order valence-corrected chi connectivity index (χ3v) is 6.00. The van der Waals surface area contributed by atoms with Crippen LogP contribution in [-0.2, 0) is 20.9 Å². The molecule has 4 rings (SSSR count). The molecule has 0 bridgehead atoms. The second kappa shape index (κ2) is 9.43. The van der Waals surface area contributed by atoms with Gasteiger partial charge in [-0.1, -0.05) is 41.9 Å².